The summed E-state index contributed by atoms with van der Waals surface area (Å²) in [5, 5.41) is -0.00312. The molecule has 20 heavy (non-hydrogen) atoms. The number of anilines is 2. The van der Waals surface area contributed by atoms with Gasteiger partial charge in [-0.25, -0.2) is 17.8 Å². The summed E-state index contributed by atoms with van der Waals surface area (Å²) in [7, 11) is -3.99. The van der Waals surface area contributed by atoms with Crippen molar-refractivity contribution >= 4 is 33.0 Å². The Kier molecular flexibility index (Phi) is 3.82. The predicted molar refractivity (Wildman–Crippen MR) is 75.6 cm³/mol. The SMILES string of the molecule is Cc1c(N)cc(S(=O)(=O)Nc2cccnc2Cl)cc1F. The van der Waals surface area contributed by atoms with E-state index in [4.69, 9.17) is 17.3 Å². The minimum Gasteiger partial charge on any atom is -0.398 e. The van der Waals surface area contributed by atoms with Gasteiger partial charge in [0.15, 0.2) is 5.15 Å². The van der Waals surface area contributed by atoms with Crippen LogP contribution in [0.1, 0.15) is 5.56 Å². The summed E-state index contributed by atoms with van der Waals surface area (Å²) in [6, 6.07) is 5.05. The van der Waals surface area contributed by atoms with Gasteiger partial charge < -0.3 is 5.73 Å². The molecule has 0 unspecified atom stereocenters. The van der Waals surface area contributed by atoms with Crippen LogP contribution in [-0.2, 0) is 10.0 Å². The van der Waals surface area contributed by atoms with Crippen LogP contribution in [0.15, 0.2) is 35.4 Å². The highest BCUT2D eigenvalue weighted by Crippen LogP contribution is 2.25. The van der Waals surface area contributed by atoms with E-state index in [1.807, 2.05) is 0 Å². The molecule has 1 aromatic carbocycles. The van der Waals surface area contributed by atoms with Crippen LogP contribution in [0.2, 0.25) is 5.15 Å². The summed E-state index contributed by atoms with van der Waals surface area (Å²) in [4.78, 5) is 3.47. The quantitative estimate of drug-likeness (QED) is 0.673. The molecule has 1 heterocycles. The van der Waals surface area contributed by atoms with E-state index < -0.39 is 15.8 Å². The first kappa shape index (κ1) is 14.5. The van der Waals surface area contributed by atoms with Crippen molar-refractivity contribution in [3.05, 3.63) is 47.0 Å². The number of hydrogen-bond acceptors (Lipinski definition) is 4. The molecule has 0 radical (unpaired) electrons. The van der Waals surface area contributed by atoms with E-state index in [1.165, 1.54) is 31.3 Å². The van der Waals surface area contributed by atoms with E-state index in [0.717, 1.165) is 6.07 Å². The number of nitrogens with zero attached hydrogens (tertiary/aromatic N) is 1. The van der Waals surface area contributed by atoms with E-state index >= 15 is 0 Å². The van der Waals surface area contributed by atoms with Crippen molar-refractivity contribution in [2.45, 2.75) is 11.8 Å². The van der Waals surface area contributed by atoms with E-state index in [-0.39, 0.29) is 27.0 Å². The van der Waals surface area contributed by atoms with Gasteiger partial charge in [-0.15, -0.1) is 0 Å². The highest BCUT2D eigenvalue weighted by Gasteiger charge is 2.18. The molecule has 5 nitrogen and oxygen atoms in total. The number of aromatic nitrogens is 1. The van der Waals surface area contributed by atoms with Gasteiger partial charge in [-0.3, -0.25) is 4.72 Å². The van der Waals surface area contributed by atoms with Crippen molar-refractivity contribution in [2.24, 2.45) is 0 Å². The Morgan fingerprint density at radius 3 is 2.70 bits per heavy atom. The van der Waals surface area contributed by atoms with Gasteiger partial charge in [-0.2, -0.15) is 0 Å². The Balaban J connectivity index is 2.44. The minimum absolute atomic E-state index is 0.00312. The number of nitrogen functional groups attached to an aromatic ring is 1. The molecule has 3 N–H and O–H groups in total. The van der Waals surface area contributed by atoms with Crippen molar-refractivity contribution in [1.29, 1.82) is 0 Å². The van der Waals surface area contributed by atoms with E-state index in [1.54, 1.807) is 0 Å². The van der Waals surface area contributed by atoms with Crippen LogP contribution in [0.25, 0.3) is 0 Å². The molecule has 0 aliphatic heterocycles. The van der Waals surface area contributed by atoms with Gasteiger partial charge in [0.25, 0.3) is 10.0 Å². The number of nitrogens with one attached hydrogen (secondary N) is 1. The Hall–Kier alpha value is -1.86. The van der Waals surface area contributed by atoms with E-state index in [9.17, 15) is 12.8 Å². The molecule has 0 saturated heterocycles. The number of halogens is 2. The summed E-state index contributed by atoms with van der Waals surface area (Å²) in [6.45, 7) is 1.46. The fourth-order valence-corrected chi connectivity index (χ4v) is 2.83. The first-order chi connectivity index (χ1) is 9.31. The lowest BCUT2D eigenvalue weighted by Gasteiger charge is -2.11. The number of rotatable bonds is 3. The Morgan fingerprint density at radius 1 is 1.40 bits per heavy atom. The lowest BCUT2D eigenvalue weighted by molar-refractivity contribution is 0.593. The van der Waals surface area contributed by atoms with Crippen molar-refractivity contribution < 1.29 is 12.8 Å². The average molecular weight is 316 g/mol. The Morgan fingerprint density at radius 2 is 2.10 bits per heavy atom. The van der Waals surface area contributed by atoms with Gasteiger partial charge in [-0.1, -0.05) is 11.6 Å². The fourth-order valence-electron chi connectivity index (χ4n) is 1.50. The van der Waals surface area contributed by atoms with Gasteiger partial charge >= 0.3 is 0 Å². The van der Waals surface area contributed by atoms with Gasteiger partial charge in [0, 0.05) is 17.4 Å². The summed E-state index contributed by atoms with van der Waals surface area (Å²) in [5.74, 6) is -0.692. The molecule has 0 aliphatic rings. The standard InChI is InChI=1S/C12H11ClFN3O2S/c1-7-9(14)5-8(6-10(7)15)20(18,19)17-11-3-2-4-16-12(11)13/h2-6,17H,15H2,1H3. The fraction of sp³-hybridized carbons (Fsp3) is 0.0833. The molecule has 106 valence electrons. The molecule has 0 amide bonds. The van der Waals surface area contributed by atoms with Crippen molar-refractivity contribution in [3.63, 3.8) is 0 Å². The lowest BCUT2D eigenvalue weighted by Crippen LogP contribution is -2.14. The van der Waals surface area contributed by atoms with Crippen LogP contribution in [0.3, 0.4) is 0 Å². The van der Waals surface area contributed by atoms with Crippen LogP contribution in [0.5, 0.6) is 0 Å². The number of nitrogens with two attached hydrogens (primary N) is 1. The van der Waals surface area contributed by atoms with Crippen LogP contribution in [0, 0.1) is 12.7 Å². The van der Waals surface area contributed by atoms with Crippen molar-refractivity contribution in [3.8, 4) is 0 Å². The topological polar surface area (TPSA) is 85.1 Å². The second kappa shape index (κ2) is 5.26. The van der Waals surface area contributed by atoms with Crippen LogP contribution in [0.4, 0.5) is 15.8 Å². The maximum atomic E-state index is 13.6. The number of sulfonamides is 1. The molecule has 1 aromatic heterocycles. The minimum atomic E-state index is -3.99. The molecule has 0 aliphatic carbocycles. The maximum Gasteiger partial charge on any atom is 0.262 e. The van der Waals surface area contributed by atoms with Gasteiger partial charge in [0.1, 0.15) is 5.82 Å². The number of hydrogen-bond donors (Lipinski definition) is 2. The van der Waals surface area contributed by atoms with E-state index in [0.29, 0.717) is 0 Å². The third kappa shape index (κ3) is 2.83. The molecule has 0 bridgehead atoms. The summed E-state index contributed by atoms with van der Waals surface area (Å²) >= 11 is 5.77. The predicted octanol–water partition coefficient (Wildman–Crippen LogP) is 2.57. The molecule has 2 rings (SSSR count). The number of benzene rings is 1. The molecule has 0 saturated carbocycles. The third-order valence-corrected chi connectivity index (χ3v) is 4.32. The second-order valence-electron chi connectivity index (χ2n) is 4.07. The largest absolute Gasteiger partial charge is 0.398 e. The smallest absolute Gasteiger partial charge is 0.262 e. The summed E-state index contributed by atoms with van der Waals surface area (Å²) < 4.78 is 40.1. The highest BCUT2D eigenvalue weighted by molar-refractivity contribution is 7.92. The Labute approximate surface area is 120 Å². The van der Waals surface area contributed by atoms with Crippen molar-refractivity contribution in [2.75, 3.05) is 10.5 Å². The molecule has 0 spiro atoms. The van der Waals surface area contributed by atoms with Gasteiger partial charge in [-0.05, 0) is 31.2 Å². The zero-order valence-electron chi connectivity index (χ0n) is 10.4. The first-order valence-electron chi connectivity index (χ1n) is 5.50. The summed E-state index contributed by atoms with van der Waals surface area (Å²) in [5.41, 5.74) is 5.93. The lowest BCUT2D eigenvalue weighted by atomic mass is 10.2. The normalized spacial score (nSPS) is 11.3. The Bertz CT molecular complexity index is 742. The zero-order valence-corrected chi connectivity index (χ0v) is 12.0. The van der Waals surface area contributed by atoms with Gasteiger partial charge in [0.05, 0.1) is 10.6 Å². The first-order valence-corrected chi connectivity index (χ1v) is 7.36. The molecule has 0 fully saturated rings. The summed E-state index contributed by atoms with van der Waals surface area (Å²) in [6.07, 6.45) is 1.42. The van der Waals surface area contributed by atoms with Crippen LogP contribution < -0.4 is 10.5 Å². The maximum absolute atomic E-state index is 13.6. The molecule has 8 heteroatoms. The molecule has 0 atom stereocenters. The second-order valence-corrected chi connectivity index (χ2v) is 6.11. The van der Waals surface area contributed by atoms with Gasteiger partial charge in [0.2, 0.25) is 0 Å². The van der Waals surface area contributed by atoms with Crippen molar-refractivity contribution in [1.82, 2.24) is 4.98 Å². The third-order valence-electron chi connectivity index (χ3n) is 2.67. The zero-order chi connectivity index (χ0) is 14.9. The number of pyridine rings is 1. The monoisotopic (exact) mass is 315 g/mol. The average Bonchev–Trinajstić information content (AvgIpc) is 2.38. The van der Waals surface area contributed by atoms with Crippen LogP contribution in [-0.4, -0.2) is 13.4 Å². The molecular weight excluding hydrogens is 305 g/mol. The van der Waals surface area contributed by atoms with Crippen LogP contribution >= 0.6 is 11.6 Å². The molecule has 2 aromatic rings. The molecular formula is C12H11ClFN3O2S. The highest BCUT2D eigenvalue weighted by atomic mass is 35.5. The van der Waals surface area contributed by atoms with E-state index in [2.05, 4.69) is 9.71 Å².